The average molecular weight is 543 g/mol. The Morgan fingerprint density at radius 2 is 1.71 bits per heavy atom. The Bertz CT molecular complexity index is 1130. The number of aryl methyl sites for hydroxylation is 1. The third-order valence-corrected chi connectivity index (χ3v) is 8.83. The number of nitrogens with zero attached hydrogens (tertiary/aromatic N) is 3. The molecule has 3 aliphatic rings. The van der Waals surface area contributed by atoms with E-state index in [9.17, 15) is 37.5 Å². The van der Waals surface area contributed by atoms with Gasteiger partial charge in [-0.3, -0.25) is 19.1 Å². The molecule has 1 aromatic heterocycles. The molecular formula is C26H37F3N4O5. The molecule has 2 heterocycles. The van der Waals surface area contributed by atoms with Crippen LogP contribution in [0, 0.1) is 23.7 Å². The van der Waals surface area contributed by atoms with Crippen LogP contribution in [0.2, 0.25) is 0 Å². The first kappa shape index (κ1) is 28.4. The Morgan fingerprint density at radius 1 is 1.05 bits per heavy atom. The Hall–Kier alpha value is -2.63. The standard InChI is InChI=1S/C26H37F3N4O5/c1-31-11-10-22(34)33(25(31)38)21-7-3-5-18-17(4-2-6-19(18)21)14-20(24(36)37)30-23(35)16-8-12-32(13-9-16)15-26(27,28)29/h10-11,16-21H,2-9,12-15H2,1H3,(H,30,35)(H,36,37)/t17?,18?,19?,20-,21?/m0/s1. The lowest BCUT2D eigenvalue weighted by atomic mass is 9.62. The summed E-state index contributed by atoms with van der Waals surface area (Å²) in [6, 6.07) is 0.0745. The van der Waals surface area contributed by atoms with Gasteiger partial charge >= 0.3 is 17.8 Å². The molecule has 212 valence electrons. The predicted molar refractivity (Wildman–Crippen MR) is 133 cm³/mol. The van der Waals surface area contributed by atoms with Gasteiger partial charge in [0, 0.05) is 31.3 Å². The highest BCUT2D eigenvalue weighted by Gasteiger charge is 2.43. The van der Waals surface area contributed by atoms with Gasteiger partial charge < -0.3 is 15.0 Å². The number of halogens is 3. The van der Waals surface area contributed by atoms with Crippen LogP contribution >= 0.6 is 0 Å². The van der Waals surface area contributed by atoms with Crippen LogP contribution in [-0.2, 0) is 16.6 Å². The number of fused-ring (bicyclic) bond motifs is 1. The molecule has 0 aromatic carbocycles. The molecule has 3 fully saturated rings. The normalized spacial score (nSPS) is 27.9. The summed E-state index contributed by atoms with van der Waals surface area (Å²) in [5.74, 6) is -1.81. The quantitative estimate of drug-likeness (QED) is 0.548. The second-order valence-electron chi connectivity index (χ2n) is 11.2. The third-order valence-electron chi connectivity index (χ3n) is 8.83. The average Bonchev–Trinajstić information content (AvgIpc) is 2.86. The SMILES string of the molecule is Cn1ccc(=O)n(C2CCCC3C(C[C@H](NC(=O)C4CCN(CC(F)(F)F)CC4)C(=O)O)CCCC32)c1=O. The van der Waals surface area contributed by atoms with Crippen molar-refractivity contribution in [3.05, 3.63) is 33.1 Å². The maximum absolute atomic E-state index is 12.9. The first-order valence-electron chi connectivity index (χ1n) is 13.5. The number of amides is 1. The van der Waals surface area contributed by atoms with Crippen LogP contribution in [-0.4, -0.2) is 62.9 Å². The van der Waals surface area contributed by atoms with Crippen molar-refractivity contribution in [2.45, 2.75) is 76.0 Å². The summed E-state index contributed by atoms with van der Waals surface area (Å²) >= 11 is 0. The molecule has 9 nitrogen and oxygen atoms in total. The number of hydrogen-bond donors (Lipinski definition) is 2. The Morgan fingerprint density at radius 3 is 2.37 bits per heavy atom. The summed E-state index contributed by atoms with van der Waals surface area (Å²) in [4.78, 5) is 51.7. The second kappa shape index (κ2) is 11.6. The van der Waals surface area contributed by atoms with E-state index < -0.39 is 36.6 Å². The number of carbonyl (C=O) groups excluding carboxylic acids is 1. The molecule has 1 aliphatic heterocycles. The van der Waals surface area contributed by atoms with Crippen molar-refractivity contribution in [1.82, 2.24) is 19.4 Å². The molecule has 4 rings (SSSR count). The molecule has 2 N–H and O–H groups in total. The van der Waals surface area contributed by atoms with Gasteiger partial charge in [0.2, 0.25) is 5.91 Å². The van der Waals surface area contributed by atoms with Gasteiger partial charge in [0.1, 0.15) is 6.04 Å². The van der Waals surface area contributed by atoms with Gasteiger partial charge in [-0.15, -0.1) is 0 Å². The maximum Gasteiger partial charge on any atom is 0.401 e. The molecule has 5 atom stereocenters. The smallest absolute Gasteiger partial charge is 0.401 e. The van der Waals surface area contributed by atoms with Crippen molar-refractivity contribution in [2.75, 3.05) is 19.6 Å². The second-order valence-corrected chi connectivity index (χ2v) is 11.2. The number of alkyl halides is 3. The van der Waals surface area contributed by atoms with E-state index in [1.54, 1.807) is 7.05 Å². The molecule has 1 aromatic rings. The molecule has 2 saturated carbocycles. The monoisotopic (exact) mass is 542 g/mol. The Balaban J connectivity index is 1.41. The number of carboxylic acids is 1. The van der Waals surface area contributed by atoms with E-state index in [0.717, 1.165) is 38.5 Å². The van der Waals surface area contributed by atoms with Crippen molar-refractivity contribution in [2.24, 2.45) is 30.7 Å². The summed E-state index contributed by atoms with van der Waals surface area (Å²) in [5.41, 5.74) is -0.667. The van der Waals surface area contributed by atoms with Crippen molar-refractivity contribution in [3.8, 4) is 0 Å². The number of aromatic nitrogens is 2. The van der Waals surface area contributed by atoms with Crippen LogP contribution in [0.1, 0.15) is 63.8 Å². The zero-order valence-electron chi connectivity index (χ0n) is 21.7. The van der Waals surface area contributed by atoms with E-state index in [1.165, 1.54) is 26.3 Å². The van der Waals surface area contributed by atoms with E-state index >= 15 is 0 Å². The maximum atomic E-state index is 12.9. The first-order valence-corrected chi connectivity index (χ1v) is 13.5. The molecule has 4 unspecified atom stereocenters. The minimum Gasteiger partial charge on any atom is -0.480 e. The Labute approximate surface area is 219 Å². The van der Waals surface area contributed by atoms with Crippen LogP contribution in [0.5, 0.6) is 0 Å². The van der Waals surface area contributed by atoms with Gasteiger partial charge in [-0.05, 0) is 69.4 Å². The van der Waals surface area contributed by atoms with E-state index in [-0.39, 0.29) is 67.4 Å². The van der Waals surface area contributed by atoms with Gasteiger partial charge in [0.05, 0.1) is 6.54 Å². The highest BCUT2D eigenvalue weighted by molar-refractivity contribution is 5.85. The molecule has 38 heavy (non-hydrogen) atoms. The summed E-state index contributed by atoms with van der Waals surface area (Å²) in [6.07, 6.45) is 2.88. The highest BCUT2D eigenvalue weighted by Crippen LogP contribution is 2.49. The number of piperidine rings is 1. The fourth-order valence-corrected chi connectivity index (χ4v) is 7.02. The highest BCUT2D eigenvalue weighted by atomic mass is 19.4. The zero-order valence-corrected chi connectivity index (χ0v) is 21.7. The molecule has 12 heteroatoms. The minimum atomic E-state index is -4.29. The number of aliphatic carboxylic acids is 1. The molecule has 2 aliphatic carbocycles. The lowest BCUT2D eigenvalue weighted by Gasteiger charge is -2.46. The summed E-state index contributed by atoms with van der Waals surface area (Å²) in [6.45, 7) is -0.728. The molecule has 1 saturated heterocycles. The number of nitrogens with one attached hydrogen (secondary N) is 1. The van der Waals surface area contributed by atoms with Gasteiger partial charge in [-0.2, -0.15) is 13.2 Å². The number of hydrogen-bond acceptors (Lipinski definition) is 5. The molecule has 1 amide bonds. The number of carboxylic acid groups (broad SMARTS) is 1. The topological polar surface area (TPSA) is 114 Å². The molecular weight excluding hydrogens is 505 g/mol. The van der Waals surface area contributed by atoms with Gasteiger partial charge in [0.15, 0.2) is 0 Å². The van der Waals surface area contributed by atoms with Crippen molar-refractivity contribution in [1.29, 1.82) is 0 Å². The van der Waals surface area contributed by atoms with Crippen LogP contribution in [0.4, 0.5) is 13.2 Å². The predicted octanol–water partition coefficient (Wildman–Crippen LogP) is 2.54. The first-order chi connectivity index (χ1) is 17.9. The lowest BCUT2D eigenvalue weighted by molar-refractivity contribution is -0.150. The minimum absolute atomic E-state index is 0.0230. The largest absolute Gasteiger partial charge is 0.480 e. The fraction of sp³-hybridized carbons (Fsp3) is 0.769. The zero-order chi connectivity index (χ0) is 27.6. The summed E-state index contributed by atoms with van der Waals surface area (Å²) in [5, 5.41) is 12.6. The number of rotatable bonds is 7. The summed E-state index contributed by atoms with van der Waals surface area (Å²) < 4.78 is 40.7. The van der Waals surface area contributed by atoms with Crippen LogP contribution in [0.3, 0.4) is 0 Å². The Kier molecular flexibility index (Phi) is 8.68. The van der Waals surface area contributed by atoms with E-state index in [1.807, 2.05) is 0 Å². The van der Waals surface area contributed by atoms with Gasteiger partial charge in [0.25, 0.3) is 5.56 Å². The van der Waals surface area contributed by atoms with E-state index in [4.69, 9.17) is 0 Å². The van der Waals surface area contributed by atoms with Crippen molar-refractivity contribution >= 4 is 11.9 Å². The number of likely N-dealkylation sites (tertiary alicyclic amines) is 1. The fourth-order valence-electron chi connectivity index (χ4n) is 7.02. The molecule has 0 radical (unpaired) electrons. The summed E-state index contributed by atoms with van der Waals surface area (Å²) in [7, 11) is 1.61. The third kappa shape index (κ3) is 6.50. The molecule has 0 bridgehead atoms. The van der Waals surface area contributed by atoms with Crippen LogP contribution in [0.25, 0.3) is 0 Å². The molecule has 0 spiro atoms. The van der Waals surface area contributed by atoms with E-state index in [0.29, 0.717) is 0 Å². The van der Waals surface area contributed by atoms with Crippen LogP contribution in [0.15, 0.2) is 21.9 Å². The van der Waals surface area contributed by atoms with Gasteiger partial charge in [-0.1, -0.05) is 19.3 Å². The number of carbonyl (C=O) groups is 2. The van der Waals surface area contributed by atoms with Crippen LogP contribution < -0.4 is 16.6 Å². The van der Waals surface area contributed by atoms with Crippen molar-refractivity contribution < 1.29 is 27.9 Å². The van der Waals surface area contributed by atoms with Gasteiger partial charge in [-0.25, -0.2) is 9.59 Å². The lowest BCUT2D eigenvalue weighted by Crippen LogP contribution is -2.50. The van der Waals surface area contributed by atoms with E-state index in [2.05, 4.69) is 5.32 Å². The van der Waals surface area contributed by atoms with Crippen molar-refractivity contribution in [3.63, 3.8) is 0 Å².